The van der Waals surface area contributed by atoms with E-state index in [1.807, 2.05) is 6.92 Å². The molecule has 6 heteroatoms. The molecule has 2 amide bonds. The third-order valence-corrected chi connectivity index (χ3v) is 2.74. The fourth-order valence-electron chi connectivity index (χ4n) is 1.48. The molecule has 0 saturated carbocycles. The Labute approximate surface area is 118 Å². The Morgan fingerprint density at radius 1 is 1.35 bits per heavy atom. The summed E-state index contributed by atoms with van der Waals surface area (Å²) in [5.74, 6) is 0.169. The van der Waals surface area contributed by atoms with E-state index in [0.29, 0.717) is 11.4 Å². The Morgan fingerprint density at radius 2 is 2.10 bits per heavy atom. The van der Waals surface area contributed by atoms with E-state index in [1.54, 1.807) is 31.3 Å². The second kappa shape index (κ2) is 8.16. The highest BCUT2D eigenvalue weighted by atomic mass is 16.5. The van der Waals surface area contributed by atoms with Gasteiger partial charge in [0.05, 0.1) is 0 Å². The van der Waals surface area contributed by atoms with Crippen molar-refractivity contribution in [3.05, 3.63) is 24.3 Å². The Balaban J connectivity index is 2.55. The molecule has 20 heavy (non-hydrogen) atoms. The third kappa shape index (κ3) is 5.71. The van der Waals surface area contributed by atoms with Gasteiger partial charge in [-0.3, -0.25) is 9.59 Å². The topological polar surface area (TPSA) is 93.5 Å². The van der Waals surface area contributed by atoms with Crippen molar-refractivity contribution < 1.29 is 14.3 Å². The van der Waals surface area contributed by atoms with Gasteiger partial charge in [0.1, 0.15) is 5.75 Å². The number of likely N-dealkylation sites (N-methyl/N-ethyl adjacent to an activating group) is 1. The average molecular weight is 279 g/mol. The molecule has 0 heterocycles. The lowest BCUT2D eigenvalue weighted by molar-refractivity contribution is -0.122. The maximum absolute atomic E-state index is 11.7. The van der Waals surface area contributed by atoms with Gasteiger partial charge in [0.2, 0.25) is 5.91 Å². The third-order valence-electron chi connectivity index (χ3n) is 2.74. The minimum Gasteiger partial charge on any atom is -0.484 e. The zero-order valence-electron chi connectivity index (χ0n) is 11.8. The Bertz CT molecular complexity index is 463. The molecule has 0 aliphatic heterocycles. The van der Waals surface area contributed by atoms with Crippen molar-refractivity contribution >= 4 is 17.5 Å². The highest BCUT2D eigenvalue weighted by Gasteiger charge is 2.08. The molecule has 0 fully saturated rings. The second-order valence-corrected chi connectivity index (χ2v) is 4.41. The van der Waals surface area contributed by atoms with E-state index >= 15 is 0 Å². The van der Waals surface area contributed by atoms with E-state index in [1.165, 1.54) is 0 Å². The fourth-order valence-corrected chi connectivity index (χ4v) is 1.48. The van der Waals surface area contributed by atoms with Crippen LogP contribution < -0.4 is 21.1 Å². The average Bonchev–Trinajstić information content (AvgIpc) is 2.44. The quantitative estimate of drug-likeness (QED) is 0.690. The molecule has 1 atom stereocenters. The van der Waals surface area contributed by atoms with Crippen LogP contribution in [0.5, 0.6) is 5.75 Å². The lowest BCUT2D eigenvalue weighted by Crippen LogP contribution is -2.26. The molecular formula is C14H21N3O3. The van der Waals surface area contributed by atoms with E-state index in [2.05, 4.69) is 10.6 Å². The molecule has 0 spiro atoms. The number of carbonyl (C=O) groups excluding carboxylic acids is 2. The summed E-state index contributed by atoms with van der Waals surface area (Å²) in [7, 11) is 1.54. The summed E-state index contributed by atoms with van der Waals surface area (Å²) in [4.78, 5) is 22.8. The maximum Gasteiger partial charge on any atom is 0.257 e. The number of nitrogens with one attached hydrogen (secondary N) is 2. The van der Waals surface area contributed by atoms with Gasteiger partial charge in [-0.05, 0) is 18.6 Å². The minimum absolute atomic E-state index is 0.0609. The predicted octanol–water partition coefficient (Wildman–Crippen LogP) is 0.877. The molecular weight excluding hydrogens is 258 g/mol. The molecule has 0 aliphatic rings. The number of nitrogens with two attached hydrogens (primary N) is 1. The molecule has 1 rings (SSSR count). The van der Waals surface area contributed by atoms with E-state index in [-0.39, 0.29) is 30.9 Å². The maximum atomic E-state index is 11.7. The molecule has 0 saturated heterocycles. The van der Waals surface area contributed by atoms with Gasteiger partial charge in [0.15, 0.2) is 6.61 Å². The molecule has 0 radical (unpaired) electrons. The molecule has 0 aliphatic carbocycles. The number of carbonyl (C=O) groups is 2. The zero-order chi connectivity index (χ0) is 15.0. The molecule has 6 nitrogen and oxygen atoms in total. The Kier molecular flexibility index (Phi) is 6.52. The number of ether oxygens (including phenoxy) is 1. The summed E-state index contributed by atoms with van der Waals surface area (Å²) < 4.78 is 5.30. The van der Waals surface area contributed by atoms with Crippen molar-refractivity contribution in [3.8, 4) is 5.75 Å². The van der Waals surface area contributed by atoms with Crippen molar-refractivity contribution in [1.29, 1.82) is 0 Å². The van der Waals surface area contributed by atoms with Gasteiger partial charge in [-0.15, -0.1) is 0 Å². The molecule has 0 bridgehead atoms. The van der Waals surface area contributed by atoms with E-state index in [0.717, 1.165) is 6.42 Å². The van der Waals surface area contributed by atoms with Crippen LogP contribution in [-0.4, -0.2) is 31.5 Å². The van der Waals surface area contributed by atoms with Crippen molar-refractivity contribution in [2.45, 2.75) is 25.8 Å². The molecule has 1 aromatic carbocycles. The van der Waals surface area contributed by atoms with Crippen LogP contribution in [0.2, 0.25) is 0 Å². The fraction of sp³-hybridized carbons (Fsp3) is 0.429. The number of benzene rings is 1. The number of amides is 2. The first kappa shape index (κ1) is 16.0. The van der Waals surface area contributed by atoms with Crippen molar-refractivity contribution in [1.82, 2.24) is 5.32 Å². The van der Waals surface area contributed by atoms with Gasteiger partial charge in [-0.2, -0.15) is 0 Å². The lowest BCUT2D eigenvalue weighted by atomic mass is 10.1. The predicted molar refractivity (Wildman–Crippen MR) is 77.5 cm³/mol. The SMILES string of the molecule is CCC(N)CC(=O)Nc1cccc(OCC(=O)NC)c1. The van der Waals surface area contributed by atoms with Crippen LogP contribution >= 0.6 is 0 Å². The molecule has 0 aromatic heterocycles. The largest absolute Gasteiger partial charge is 0.484 e. The van der Waals surface area contributed by atoms with Crippen LogP contribution in [0.3, 0.4) is 0 Å². The Hall–Kier alpha value is -2.08. The van der Waals surface area contributed by atoms with E-state index in [4.69, 9.17) is 10.5 Å². The highest BCUT2D eigenvalue weighted by Crippen LogP contribution is 2.17. The number of rotatable bonds is 7. The van der Waals surface area contributed by atoms with Crippen LogP contribution in [-0.2, 0) is 9.59 Å². The van der Waals surface area contributed by atoms with Crippen LogP contribution in [0.25, 0.3) is 0 Å². The van der Waals surface area contributed by atoms with Crippen LogP contribution in [0.1, 0.15) is 19.8 Å². The summed E-state index contributed by atoms with van der Waals surface area (Å²) in [6.45, 7) is 1.87. The zero-order valence-corrected chi connectivity index (χ0v) is 11.8. The monoisotopic (exact) mass is 279 g/mol. The first-order valence-corrected chi connectivity index (χ1v) is 6.54. The van der Waals surface area contributed by atoms with Crippen molar-refractivity contribution in [2.75, 3.05) is 19.0 Å². The van der Waals surface area contributed by atoms with Crippen molar-refractivity contribution in [2.24, 2.45) is 5.73 Å². The summed E-state index contributed by atoms with van der Waals surface area (Å²) in [6.07, 6.45) is 1.03. The lowest BCUT2D eigenvalue weighted by Gasteiger charge is -2.11. The molecule has 4 N–H and O–H groups in total. The first-order valence-electron chi connectivity index (χ1n) is 6.54. The summed E-state index contributed by atoms with van der Waals surface area (Å²) in [5.41, 5.74) is 6.34. The molecule has 1 aromatic rings. The number of hydrogen-bond donors (Lipinski definition) is 3. The van der Waals surface area contributed by atoms with E-state index in [9.17, 15) is 9.59 Å². The van der Waals surface area contributed by atoms with Crippen LogP contribution in [0.15, 0.2) is 24.3 Å². The summed E-state index contributed by atoms with van der Waals surface area (Å²) in [6, 6.07) is 6.74. The first-order chi connectivity index (χ1) is 9.55. The Morgan fingerprint density at radius 3 is 2.75 bits per heavy atom. The van der Waals surface area contributed by atoms with Gasteiger partial charge < -0.3 is 21.1 Å². The summed E-state index contributed by atoms with van der Waals surface area (Å²) in [5, 5.41) is 5.21. The number of anilines is 1. The normalized spacial score (nSPS) is 11.6. The number of hydrogen-bond acceptors (Lipinski definition) is 4. The highest BCUT2D eigenvalue weighted by molar-refractivity contribution is 5.91. The van der Waals surface area contributed by atoms with Crippen molar-refractivity contribution in [3.63, 3.8) is 0 Å². The standard InChI is InChI=1S/C14H21N3O3/c1-3-10(15)7-13(18)17-11-5-4-6-12(8-11)20-9-14(19)16-2/h4-6,8,10H,3,7,9,15H2,1-2H3,(H,16,19)(H,17,18). The van der Waals surface area contributed by atoms with Gasteiger partial charge >= 0.3 is 0 Å². The van der Waals surface area contributed by atoms with E-state index < -0.39 is 0 Å². The molecule has 110 valence electrons. The summed E-state index contributed by atoms with van der Waals surface area (Å²) >= 11 is 0. The smallest absolute Gasteiger partial charge is 0.257 e. The second-order valence-electron chi connectivity index (χ2n) is 4.41. The van der Waals surface area contributed by atoms with Crippen LogP contribution in [0.4, 0.5) is 5.69 Å². The van der Waals surface area contributed by atoms with Crippen LogP contribution in [0, 0.1) is 0 Å². The van der Waals surface area contributed by atoms with Gasteiger partial charge in [-0.1, -0.05) is 13.0 Å². The molecule has 1 unspecified atom stereocenters. The van der Waals surface area contributed by atoms with Gasteiger partial charge in [-0.25, -0.2) is 0 Å². The van der Waals surface area contributed by atoms with Gasteiger partial charge in [0.25, 0.3) is 5.91 Å². The van der Waals surface area contributed by atoms with Gasteiger partial charge in [0, 0.05) is 31.3 Å². The minimum atomic E-state index is -0.214.